The summed E-state index contributed by atoms with van der Waals surface area (Å²) in [6, 6.07) is 8.53. The van der Waals surface area contributed by atoms with Crippen molar-refractivity contribution in [2.75, 3.05) is 0 Å². The number of hydrogen-bond acceptors (Lipinski definition) is 5. The van der Waals surface area contributed by atoms with E-state index in [4.69, 9.17) is 57.9 Å². The molecule has 23 heavy (non-hydrogen) atoms. The van der Waals surface area contributed by atoms with Crippen LogP contribution >= 0.6 is 46.4 Å². The zero-order chi connectivity index (χ0) is 16.8. The van der Waals surface area contributed by atoms with E-state index in [0.717, 1.165) is 0 Å². The van der Waals surface area contributed by atoms with Crippen LogP contribution in [0.15, 0.2) is 35.3 Å². The van der Waals surface area contributed by atoms with E-state index in [9.17, 15) is 0 Å². The van der Waals surface area contributed by atoms with Crippen LogP contribution in [-0.4, -0.2) is 5.96 Å². The van der Waals surface area contributed by atoms with E-state index in [1.165, 1.54) is 0 Å². The van der Waals surface area contributed by atoms with Gasteiger partial charge in [0.25, 0.3) is 0 Å². The van der Waals surface area contributed by atoms with Crippen molar-refractivity contribution in [1.82, 2.24) is 10.9 Å². The highest BCUT2D eigenvalue weighted by molar-refractivity contribution is 6.45. The third kappa shape index (κ3) is 2.96. The van der Waals surface area contributed by atoms with Gasteiger partial charge in [-0.25, -0.2) is 4.99 Å². The average Bonchev–Trinajstić information content (AvgIpc) is 2.83. The molecule has 0 saturated heterocycles. The second-order valence-electron chi connectivity index (χ2n) is 4.93. The van der Waals surface area contributed by atoms with Crippen LogP contribution in [-0.2, 0) is 5.79 Å². The number of hydrogen-bond donors (Lipinski definition) is 4. The van der Waals surface area contributed by atoms with Gasteiger partial charge in [0.1, 0.15) is 0 Å². The Morgan fingerprint density at radius 3 is 2.22 bits per heavy atom. The molecular formula is C14H11Cl4N5. The van der Waals surface area contributed by atoms with Crippen molar-refractivity contribution in [3.8, 4) is 11.1 Å². The molecule has 1 atom stereocenters. The number of hydrazine groups is 1. The van der Waals surface area contributed by atoms with Gasteiger partial charge in [-0.2, -0.15) is 5.43 Å². The molecule has 6 N–H and O–H groups in total. The molecule has 0 radical (unpaired) electrons. The molecule has 5 nitrogen and oxygen atoms in total. The predicted octanol–water partition coefficient (Wildman–Crippen LogP) is 3.46. The smallest absolute Gasteiger partial charge is 0.209 e. The first-order valence-electron chi connectivity index (χ1n) is 6.43. The predicted molar refractivity (Wildman–Crippen MR) is 95.7 cm³/mol. The molecule has 0 aliphatic carbocycles. The minimum Gasteiger partial charge on any atom is -0.369 e. The standard InChI is InChI=1S/C14H11Cl4N5/c15-8-3-1-2-7(12(8)18)11-9(16)4-6(5-10(11)17)14(20)21-13(19)22-23-14/h1-5,23H,20H2,(H3,19,21,22). The lowest BCUT2D eigenvalue weighted by Gasteiger charge is -2.22. The Hall–Kier alpha value is -1.21. The molecule has 120 valence electrons. The van der Waals surface area contributed by atoms with Crippen LogP contribution in [0.3, 0.4) is 0 Å². The lowest BCUT2D eigenvalue weighted by atomic mass is 10.0. The number of nitrogens with two attached hydrogens (primary N) is 2. The van der Waals surface area contributed by atoms with Crippen LogP contribution in [0.1, 0.15) is 5.56 Å². The number of nitrogens with one attached hydrogen (secondary N) is 2. The van der Waals surface area contributed by atoms with Gasteiger partial charge >= 0.3 is 0 Å². The van der Waals surface area contributed by atoms with Crippen LogP contribution in [0.25, 0.3) is 11.1 Å². The molecule has 0 fully saturated rings. The van der Waals surface area contributed by atoms with Crippen LogP contribution in [0.4, 0.5) is 0 Å². The van der Waals surface area contributed by atoms with Gasteiger partial charge in [0.05, 0.1) is 20.1 Å². The molecule has 1 heterocycles. The second-order valence-corrected chi connectivity index (χ2v) is 6.53. The summed E-state index contributed by atoms with van der Waals surface area (Å²) in [5.74, 6) is -1.09. The van der Waals surface area contributed by atoms with E-state index in [2.05, 4.69) is 15.8 Å². The molecule has 2 aromatic rings. The van der Waals surface area contributed by atoms with Crippen molar-refractivity contribution < 1.29 is 0 Å². The van der Waals surface area contributed by atoms with E-state index in [1.807, 2.05) is 0 Å². The number of guanidine groups is 1. The van der Waals surface area contributed by atoms with Crippen molar-refractivity contribution in [3.05, 3.63) is 56.0 Å². The molecule has 3 rings (SSSR count). The topological polar surface area (TPSA) is 88.5 Å². The summed E-state index contributed by atoms with van der Waals surface area (Å²) in [7, 11) is 0. The van der Waals surface area contributed by atoms with Gasteiger partial charge in [0.2, 0.25) is 11.7 Å². The van der Waals surface area contributed by atoms with E-state index in [-0.39, 0.29) is 5.96 Å². The van der Waals surface area contributed by atoms with Crippen molar-refractivity contribution in [2.45, 2.75) is 5.79 Å². The minimum absolute atomic E-state index is 0.168. The van der Waals surface area contributed by atoms with Crippen molar-refractivity contribution in [3.63, 3.8) is 0 Å². The maximum atomic E-state index is 6.40. The van der Waals surface area contributed by atoms with E-state index in [1.54, 1.807) is 30.3 Å². The van der Waals surface area contributed by atoms with Crippen LogP contribution < -0.4 is 22.3 Å². The normalized spacial score (nSPS) is 20.3. The maximum Gasteiger partial charge on any atom is 0.209 e. The van der Waals surface area contributed by atoms with Crippen molar-refractivity contribution in [2.24, 2.45) is 16.5 Å². The molecule has 1 aliphatic rings. The third-order valence-corrected chi connectivity index (χ3v) is 4.80. The molecule has 0 spiro atoms. The molecule has 1 unspecified atom stereocenters. The van der Waals surface area contributed by atoms with Gasteiger partial charge in [-0.3, -0.25) is 11.2 Å². The Balaban J connectivity index is 2.14. The molecular weight excluding hydrogens is 380 g/mol. The largest absolute Gasteiger partial charge is 0.369 e. The van der Waals surface area contributed by atoms with Gasteiger partial charge in [0, 0.05) is 16.7 Å². The summed E-state index contributed by atoms with van der Waals surface area (Å²) in [6.07, 6.45) is 0. The van der Waals surface area contributed by atoms with Gasteiger partial charge in [-0.1, -0.05) is 58.5 Å². The number of nitrogens with zero attached hydrogens (tertiary/aromatic N) is 1. The monoisotopic (exact) mass is 389 g/mol. The lowest BCUT2D eigenvalue weighted by molar-refractivity contribution is 0.375. The minimum atomic E-state index is -1.26. The highest BCUT2D eigenvalue weighted by Gasteiger charge is 2.33. The van der Waals surface area contributed by atoms with Crippen LogP contribution in [0.5, 0.6) is 0 Å². The summed E-state index contributed by atoms with van der Waals surface area (Å²) in [6.45, 7) is 0. The number of rotatable bonds is 2. The van der Waals surface area contributed by atoms with Crippen LogP contribution in [0, 0.1) is 0 Å². The Kier molecular flexibility index (Phi) is 4.35. The fraction of sp³-hybridized carbons (Fsp3) is 0.0714. The molecule has 0 aromatic heterocycles. The first kappa shape index (κ1) is 16.6. The Bertz CT molecular complexity index is 800. The van der Waals surface area contributed by atoms with E-state index < -0.39 is 5.79 Å². The Morgan fingerprint density at radius 2 is 1.65 bits per heavy atom. The highest BCUT2D eigenvalue weighted by Crippen LogP contribution is 2.42. The zero-order valence-corrected chi connectivity index (χ0v) is 14.5. The van der Waals surface area contributed by atoms with Gasteiger partial charge in [-0.15, -0.1) is 0 Å². The van der Waals surface area contributed by atoms with Crippen molar-refractivity contribution in [1.29, 1.82) is 0 Å². The Labute approximate surface area is 152 Å². The molecule has 0 bridgehead atoms. The number of aliphatic imine (C=N–C) groups is 1. The first-order chi connectivity index (χ1) is 10.8. The highest BCUT2D eigenvalue weighted by atomic mass is 35.5. The van der Waals surface area contributed by atoms with E-state index in [0.29, 0.717) is 36.8 Å². The van der Waals surface area contributed by atoms with Gasteiger partial charge < -0.3 is 5.73 Å². The second kappa shape index (κ2) is 6.02. The van der Waals surface area contributed by atoms with Crippen LogP contribution in [0.2, 0.25) is 20.1 Å². The summed E-state index contributed by atoms with van der Waals surface area (Å²) < 4.78 is 0. The quantitative estimate of drug-likeness (QED) is 0.632. The summed E-state index contributed by atoms with van der Waals surface area (Å²) in [5, 5.41) is 1.51. The van der Waals surface area contributed by atoms with Gasteiger partial charge in [-0.05, 0) is 18.2 Å². The molecule has 2 aromatic carbocycles. The van der Waals surface area contributed by atoms with E-state index >= 15 is 0 Å². The number of benzene rings is 2. The van der Waals surface area contributed by atoms with Gasteiger partial charge in [0.15, 0.2) is 0 Å². The molecule has 0 saturated carbocycles. The molecule has 1 aliphatic heterocycles. The average molecular weight is 391 g/mol. The summed E-state index contributed by atoms with van der Waals surface area (Å²) in [4.78, 5) is 4.09. The number of halogens is 4. The summed E-state index contributed by atoms with van der Waals surface area (Å²) in [5.41, 5.74) is 18.9. The first-order valence-corrected chi connectivity index (χ1v) is 7.94. The fourth-order valence-corrected chi connectivity index (χ4v) is 3.37. The maximum absolute atomic E-state index is 6.40. The Morgan fingerprint density at radius 1 is 1.00 bits per heavy atom. The zero-order valence-electron chi connectivity index (χ0n) is 11.5. The third-order valence-electron chi connectivity index (χ3n) is 3.38. The molecule has 9 heteroatoms. The molecule has 0 amide bonds. The van der Waals surface area contributed by atoms with Crippen molar-refractivity contribution >= 4 is 52.4 Å². The SMILES string of the molecule is NC1=NC(N)(c2cc(Cl)c(-c3cccc(Cl)c3Cl)c(Cl)c2)NN1. The fourth-order valence-electron chi connectivity index (χ4n) is 2.29. The lowest BCUT2D eigenvalue weighted by Crippen LogP contribution is -2.50. The summed E-state index contributed by atoms with van der Waals surface area (Å²) >= 11 is 25.1.